The molecule has 0 aromatic heterocycles. The van der Waals surface area contributed by atoms with Gasteiger partial charge in [0, 0.05) is 38.8 Å². The van der Waals surface area contributed by atoms with Gasteiger partial charge in [0.25, 0.3) is 15.6 Å². The van der Waals surface area contributed by atoms with Gasteiger partial charge in [-0.2, -0.15) is 0 Å². The Morgan fingerprint density at radius 1 is 0.635 bits per heavy atom. The van der Waals surface area contributed by atoms with E-state index < -0.39 is 113 Å². The highest BCUT2D eigenvalue weighted by Gasteiger charge is 2.59. The molecule has 0 aliphatic carbocycles. The molecule has 63 heavy (non-hydrogen) atoms. The summed E-state index contributed by atoms with van der Waals surface area (Å²) in [5, 5.41) is 8.54. The number of hydrogen-bond donors (Lipinski definition) is 1. The third kappa shape index (κ3) is 12.8. The minimum absolute atomic E-state index is 0.0341. The van der Waals surface area contributed by atoms with E-state index in [1.165, 1.54) is 13.8 Å². The smallest absolute Gasteiger partial charge is 0.303 e. The molecule has 3 heterocycles. The largest absolute Gasteiger partial charge is 0.463 e. The van der Waals surface area contributed by atoms with Crippen molar-refractivity contribution in [2.75, 3.05) is 13.2 Å². The number of imide groups is 1. The van der Waals surface area contributed by atoms with Crippen LogP contribution in [0.1, 0.15) is 52.7 Å². The Morgan fingerprint density at radius 3 is 1.65 bits per heavy atom. The monoisotopic (exact) mass is 940 g/mol. The van der Waals surface area contributed by atoms with Gasteiger partial charge in [0.05, 0.1) is 19.8 Å². The van der Waals surface area contributed by atoms with Crippen LogP contribution in [0.3, 0.4) is 0 Å². The summed E-state index contributed by atoms with van der Waals surface area (Å²) in [4.78, 5) is 78.9. The van der Waals surface area contributed by atoms with Crippen LogP contribution < -0.4 is 0 Å². The average Bonchev–Trinajstić information content (AvgIpc) is 3.40. The van der Waals surface area contributed by atoms with E-state index in [-0.39, 0.29) is 31.0 Å². The molecule has 10 atom stereocenters. The number of carbonyl (C=O) groups is 6. The summed E-state index contributed by atoms with van der Waals surface area (Å²) in [6.07, 6.45) is -14.3. The van der Waals surface area contributed by atoms with Crippen LogP contribution in [-0.2, 0) is 89.3 Å². The van der Waals surface area contributed by atoms with Gasteiger partial charge in [-0.05, 0) is 25.0 Å². The Labute approximate surface area is 377 Å². The number of ether oxygens (including phenoxy) is 10. The summed E-state index contributed by atoms with van der Waals surface area (Å²) < 4.78 is 57.8. The van der Waals surface area contributed by atoms with E-state index in [0.29, 0.717) is 5.56 Å². The molecule has 1 unspecified atom stereocenters. The van der Waals surface area contributed by atoms with Gasteiger partial charge in [-0.1, -0.05) is 95.5 Å². The lowest BCUT2D eigenvalue weighted by Crippen LogP contribution is -2.70. The fraction of sp³-hybridized carbons (Fsp3) is 0.500. The zero-order chi connectivity index (χ0) is 46.2. The van der Waals surface area contributed by atoms with Gasteiger partial charge in [-0.15, -0.1) is 0 Å². The predicted molar refractivity (Wildman–Crippen MR) is 220 cm³/mol. The number of hydrogen-bond acceptors (Lipinski definition) is 17. The van der Waals surface area contributed by atoms with E-state index in [1.54, 1.807) is 42.5 Å². The van der Waals surface area contributed by atoms with Crippen molar-refractivity contribution < 1.29 is 76.1 Å². The van der Waals surface area contributed by atoms with Crippen LogP contribution in [0, 0.1) is 5.41 Å². The lowest BCUT2D eigenvalue weighted by Gasteiger charge is -2.50. The number of amides is 2. The van der Waals surface area contributed by atoms with E-state index in [9.17, 15) is 28.8 Å². The molecule has 2 aromatic carbocycles. The SMILES string of the molecule is CC(=O)OC[C@H]1O[C@@H](O[C@H]2[C@H](OCc3ccccc3)[C@@H](N3C(=O)C(C)=C(C)C3=O)C(OC(=N)C(Cl)(Cl)Cl)O[C@@H]2COCc2ccccc2)[C@H](OC(C)=O)[C@@H](OC(C)=O)[C@H]1OC(C)=O. The summed E-state index contributed by atoms with van der Waals surface area (Å²) in [5.41, 5.74) is 1.56. The lowest BCUT2D eigenvalue weighted by atomic mass is 9.93. The van der Waals surface area contributed by atoms with Crippen molar-refractivity contribution in [1.29, 1.82) is 5.41 Å². The molecule has 2 aromatic rings. The first-order valence-corrected chi connectivity index (χ1v) is 20.7. The zero-order valence-electron chi connectivity index (χ0n) is 35.0. The molecule has 0 spiro atoms. The van der Waals surface area contributed by atoms with Crippen LogP contribution in [0.4, 0.5) is 0 Å². The molecular weight excluding hydrogens is 895 g/mol. The van der Waals surface area contributed by atoms with Crippen LogP contribution in [0.5, 0.6) is 0 Å². The number of carbonyl (C=O) groups excluding carboxylic acids is 6. The molecule has 342 valence electrons. The van der Waals surface area contributed by atoms with Crippen molar-refractivity contribution in [3.8, 4) is 0 Å². The fourth-order valence-electron chi connectivity index (χ4n) is 7.06. The van der Waals surface area contributed by atoms with Crippen LogP contribution in [0.2, 0.25) is 0 Å². The second kappa shape index (κ2) is 21.8. The highest BCUT2D eigenvalue weighted by molar-refractivity contribution is 6.76. The minimum Gasteiger partial charge on any atom is -0.463 e. The molecule has 1 N–H and O–H groups in total. The third-order valence-electron chi connectivity index (χ3n) is 9.96. The van der Waals surface area contributed by atoms with Crippen LogP contribution in [-0.4, -0.2) is 125 Å². The average molecular weight is 942 g/mol. The Balaban J connectivity index is 1.69. The highest BCUT2D eigenvalue weighted by Crippen LogP contribution is 2.39. The maximum atomic E-state index is 14.1. The van der Waals surface area contributed by atoms with E-state index in [2.05, 4.69) is 0 Å². The Kier molecular flexibility index (Phi) is 17.1. The Hall–Kier alpha value is -4.66. The van der Waals surface area contributed by atoms with Crippen molar-refractivity contribution in [1.82, 2.24) is 4.90 Å². The fourth-order valence-corrected chi connectivity index (χ4v) is 7.20. The summed E-state index contributed by atoms with van der Waals surface area (Å²) in [6, 6.07) is 16.2. The summed E-state index contributed by atoms with van der Waals surface area (Å²) in [6.45, 7) is 6.14. The number of rotatable bonds is 16. The van der Waals surface area contributed by atoms with Gasteiger partial charge in [0.2, 0.25) is 12.2 Å². The van der Waals surface area contributed by atoms with Crippen molar-refractivity contribution in [3.63, 3.8) is 0 Å². The quantitative estimate of drug-likeness (QED) is 0.0615. The minimum atomic E-state index is -2.45. The van der Waals surface area contributed by atoms with Gasteiger partial charge in [0.1, 0.15) is 37.1 Å². The Bertz CT molecular complexity index is 2010. The number of nitrogens with zero attached hydrogens (tertiary/aromatic N) is 1. The maximum Gasteiger partial charge on any atom is 0.303 e. The molecule has 2 saturated heterocycles. The van der Waals surface area contributed by atoms with Gasteiger partial charge in [-0.25, -0.2) is 0 Å². The second-order valence-electron chi connectivity index (χ2n) is 14.6. The molecule has 0 radical (unpaired) electrons. The first-order chi connectivity index (χ1) is 29.8. The Morgan fingerprint density at radius 2 is 1.13 bits per heavy atom. The molecular formula is C42H47Cl3N2O16. The molecule has 2 fully saturated rings. The maximum absolute atomic E-state index is 14.1. The summed E-state index contributed by atoms with van der Waals surface area (Å²) in [7, 11) is 0. The van der Waals surface area contributed by atoms with Crippen molar-refractivity contribution in [2.24, 2.45) is 0 Å². The summed E-state index contributed by atoms with van der Waals surface area (Å²) >= 11 is 18.2. The van der Waals surface area contributed by atoms with Gasteiger partial charge >= 0.3 is 23.9 Å². The number of benzene rings is 2. The summed E-state index contributed by atoms with van der Waals surface area (Å²) in [5.74, 6) is -5.87. The third-order valence-corrected chi connectivity index (χ3v) is 10.5. The molecule has 21 heteroatoms. The molecule has 3 aliphatic rings. The first-order valence-electron chi connectivity index (χ1n) is 19.5. The molecule has 3 aliphatic heterocycles. The highest BCUT2D eigenvalue weighted by atomic mass is 35.6. The number of halogens is 3. The van der Waals surface area contributed by atoms with E-state index in [4.69, 9.17) is 87.6 Å². The van der Waals surface area contributed by atoms with E-state index in [1.807, 2.05) is 18.2 Å². The predicted octanol–water partition coefficient (Wildman–Crippen LogP) is 4.42. The number of nitrogens with one attached hydrogen (secondary N) is 1. The standard InChI is InChI=1S/C42H47Cl3N2O16/c1-21-22(2)38(53)47(37(21)52)31-34(56-18-28-15-11-8-12-16-28)32(29(19-54-17-27-13-9-7-10-14-27)60-39(31)63-41(46)42(43,44)45)62-40-36(59-26(6)51)35(58-25(5)50)33(57-24(4)49)30(61-40)20-55-23(3)48/h7-16,29-36,39-40,46H,17-20H2,1-6H3/t29-,30-,31-,32-,33+,34-,35+,36-,39?,40+/m1/s1. The normalized spacial score (nSPS) is 27.4. The van der Waals surface area contributed by atoms with E-state index >= 15 is 0 Å². The molecule has 18 nitrogen and oxygen atoms in total. The van der Waals surface area contributed by atoms with E-state index in [0.717, 1.165) is 38.2 Å². The van der Waals surface area contributed by atoms with Crippen LogP contribution in [0.25, 0.3) is 0 Å². The van der Waals surface area contributed by atoms with Crippen molar-refractivity contribution >= 4 is 76.4 Å². The topological polar surface area (TPSA) is 222 Å². The second-order valence-corrected chi connectivity index (χ2v) is 16.9. The molecule has 0 saturated carbocycles. The van der Waals surface area contributed by atoms with Crippen molar-refractivity contribution in [3.05, 3.63) is 82.9 Å². The van der Waals surface area contributed by atoms with Gasteiger partial charge < -0.3 is 47.4 Å². The van der Waals surface area contributed by atoms with Crippen molar-refractivity contribution in [2.45, 2.75) is 120 Å². The number of alkyl halides is 3. The first kappa shape index (κ1) is 49.4. The van der Waals surface area contributed by atoms with Gasteiger partial charge in [0.15, 0.2) is 24.6 Å². The molecule has 5 rings (SSSR count). The van der Waals surface area contributed by atoms with Crippen LogP contribution >= 0.6 is 34.8 Å². The number of esters is 4. The molecule has 0 bridgehead atoms. The lowest BCUT2D eigenvalue weighted by molar-refractivity contribution is -0.353. The zero-order valence-corrected chi connectivity index (χ0v) is 37.3. The van der Waals surface area contributed by atoms with Crippen LogP contribution in [0.15, 0.2) is 71.8 Å². The molecule has 2 amide bonds. The van der Waals surface area contributed by atoms with Gasteiger partial charge in [-0.3, -0.25) is 39.1 Å².